The van der Waals surface area contributed by atoms with Gasteiger partial charge in [0.2, 0.25) is 0 Å². The zero-order valence-corrected chi connectivity index (χ0v) is 17.1. The molecule has 1 aliphatic heterocycles. The molecule has 1 amide bonds. The molecule has 1 saturated heterocycles. The fraction of sp³-hybridized carbons (Fsp3) is 0.391. The molecule has 1 fully saturated rings. The molecule has 0 spiro atoms. The normalized spacial score (nSPS) is 14.5. The van der Waals surface area contributed by atoms with Crippen LogP contribution in [-0.2, 0) is 6.42 Å². The lowest BCUT2D eigenvalue weighted by Gasteiger charge is -2.32. The van der Waals surface area contributed by atoms with Gasteiger partial charge in [-0.05, 0) is 61.4 Å². The minimum Gasteiger partial charge on any atom is -0.493 e. The molecule has 0 aliphatic carbocycles. The summed E-state index contributed by atoms with van der Waals surface area (Å²) in [6.45, 7) is 3.21. The number of nitrogens with zero attached hydrogens (tertiary/aromatic N) is 1. The van der Waals surface area contributed by atoms with Crippen LogP contribution >= 0.6 is 0 Å². The van der Waals surface area contributed by atoms with Gasteiger partial charge in [-0.1, -0.05) is 18.2 Å². The van der Waals surface area contributed by atoms with Gasteiger partial charge in [0.15, 0.2) is 11.5 Å². The molecule has 0 bridgehead atoms. The number of likely N-dealkylation sites (tertiary alicyclic amines) is 1. The molecule has 1 N–H and O–H groups in total. The second-order valence-corrected chi connectivity index (χ2v) is 7.42. The van der Waals surface area contributed by atoms with Crippen molar-refractivity contribution in [2.45, 2.75) is 26.2 Å². The highest BCUT2D eigenvalue weighted by atomic mass is 16.5. The van der Waals surface area contributed by atoms with E-state index in [-0.39, 0.29) is 5.91 Å². The second-order valence-electron chi connectivity index (χ2n) is 7.42. The molecule has 1 aliphatic rings. The van der Waals surface area contributed by atoms with Crippen molar-refractivity contribution in [1.82, 2.24) is 4.90 Å². The quantitative estimate of drug-likeness (QED) is 0.802. The van der Waals surface area contributed by atoms with Crippen molar-refractivity contribution in [3.63, 3.8) is 0 Å². The maximum atomic E-state index is 13.0. The lowest BCUT2D eigenvalue weighted by molar-refractivity contribution is 0.0689. The number of methoxy groups -OCH3 is 2. The molecule has 6 nitrogen and oxygen atoms in total. The lowest BCUT2D eigenvalue weighted by Crippen LogP contribution is -2.39. The van der Waals surface area contributed by atoms with E-state index in [9.17, 15) is 14.7 Å². The van der Waals surface area contributed by atoms with Gasteiger partial charge >= 0.3 is 5.97 Å². The van der Waals surface area contributed by atoms with Crippen molar-refractivity contribution in [2.24, 2.45) is 5.92 Å². The smallest absolute Gasteiger partial charge is 0.335 e. The van der Waals surface area contributed by atoms with E-state index in [4.69, 9.17) is 9.47 Å². The van der Waals surface area contributed by atoms with Crippen molar-refractivity contribution in [3.8, 4) is 11.5 Å². The van der Waals surface area contributed by atoms with Gasteiger partial charge in [0, 0.05) is 18.7 Å². The van der Waals surface area contributed by atoms with Crippen LogP contribution in [0.1, 0.15) is 44.7 Å². The van der Waals surface area contributed by atoms with Crippen molar-refractivity contribution >= 4 is 11.9 Å². The first kappa shape index (κ1) is 20.7. The van der Waals surface area contributed by atoms with Crippen molar-refractivity contribution < 1.29 is 24.2 Å². The van der Waals surface area contributed by atoms with Gasteiger partial charge < -0.3 is 19.5 Å². The molecule has 0 aromatic heterocycles. The van der Waals surface area contributed by atoms with Gasteiger partial charge in [-0.15, -0.1) is 0 Å². The summed E-state index contributed by atoms with van der Waals surface area (Å²) in [5.41, 5.74) is 2.70. The molecule has 0 saturated carbocycles. The fourth-order valence-electron chi connectivity index (χ4n) is 3.94. The predicted octanol–water partition coefficient (Wildman–Crippen LogP) is 3.81. The third-order valence-electron chi connectivity index (χ3n) is 5.62. The Labute approximate surface area is 171 Å². The topological polar surface area (TPSA) is 76.1 Å². The largest absolute Gasteiger partial charge is 0.493 e. The Bertz CT molecular complexity index is 900. The first-order valence-electron chi connectivity index (χ1n) is 9.77. The average Bonchev–Trinajstić information content (AvgIpc) is 2.73. The van der Waals surface area contributed by atoms with Gasteiger partial charge in [-0.2, -0.15) is 0 Å². The Hall–Kier alpha value is -3.02. The van der Waals surface area contributed by atoms with E-state index >= 15 is 0 Å². The minimum atomic E-state index is -0.892. The predicted molar refractivity (Wildman–Crippen MR) is 110 cm³/mol. The summed E-state index contributed by atoms with van der Waals surface area (Å²) >= 11 is 0. The van der Waals surface area contributed by atoms with Crippen LogP contribution in [0.25, 0.3) is 0 Å². The SMILES string of the molecule is COc1cc(C)c(C(=O)N2CCC(Cc3ccccc3C(=O)O)CC2)cc1OC. The molecule has 29 heavy (non-hydrogen) atoms. The van der Waals surface area contributed by atoms with Crippen LogP contribution in [0, 0.1) is 12.8 Å². The molecule has 2 aromatic carbocycles. The number of benzene rings is 2. The van der Waals surface area contributed by atoms with Crippen molar-refractivity contribution in [3.05, 3.63) is 58.7 Å². The first-order valence-corrected chi connectivity index (χ1v) is 9.77. The fourth-order valence-corrected chi connectivity index (χ4v) is 3.94. The summed E-state index contributed by atoms with van der Waals surface area (Å²) in [5.74, 6) is 0.620. The Morgan fingerprint density at radius 3 is 2.28 bits per heavy atom. The number of hydrogen-bond acceptors (Lipinski definition) is 4. The number of hydrogen-bond donors (Lipinski definition) is 1. The molecule has 3 rings (SSSR count). The number of piperidine rings is 1. The van der Waals surface area contributed by atoms with Gasteiger partial charge in [-0.25, -0.2) is 4.79 Å². The Kier molecular flexibility index (Phi) is 6.42. The third kappa shape index (κ3) is 4.53. The van der Waals surface area contributed by atoms with Crippen LogP contribution in [-0.4, -0.2) is 49.2 Å². The van der Waals surface area contributed by atoms with Crippen molar-refractivity contribution in [2.75, 3.05) is 27.3 Å². The summed E-state index contributed by atoms with van der Waals surface area (Å²) < 4.78 is 10.6. The highest BCUT2D eigenvalue weighted by Crippen LogP contribution is 2.32. The van der Waals surface area contributed by atoms with E-state index in [1.165, 1.54) is 0 Å². The van der Waals surface area contributed by atoms with Gasteiger partial charge in [0.1, 0.15) is 0 Å². The van der Waals surface area contributed by atoms with Gasteiger partial charge in [0.25, 0.3) is 5.91 Å². The number of carbonyl (C=O) groups excluding carboxylic acids is 1. The van der Waals surface area contributed by atoms with Crippen LogP contribution in [0.5, 0.6) is 11.5 Å². The molecule has 1 heterocycles. The summed E-state index contributed by atoms with van der Waals surface area (Å²) in [4.78, 5) is 26.3. The summed E-state index contributed by atoms with van der Waals surface area (Å²) in [7, 11) is 3.13. The lowest BCUT2D eigenvalue weighted by atomic mass is 9.88. The second kappa shape index (κ2) is 8.99. The Morgan fingerprint density at radius 1 is 1.03 bits per heavy atom. The van der Waals surface area contributed by atoms with Crippen LogP contribution in [0.4, 0.5) is 0 Å². The highest BCUT2D eigenvalue weighted by molar-refractivity contribution is 5.96. The molecule has 0 radical (unpaired) electrons. The maximum Gasteiger partial charge on any atom is 0.335 e. The van der Waals surface area contributed by atoms with Crippen LogP contribution in [0.3, 0.4) is 0 Å². The molecular weight excluding hydrogens is 370 g/mol. The molecule has 6 heteroatoms. The van der Waals surface area contributed by atoms with E-state index < -0.39 is 5.97 Å². The van der Waals surface area contributed by atoms with E-state index in [2.05, 4.69) is 0 Å². The Balaban J connectivity index is 1.67. The van der Waals surface area contributed by atoms with Crippen LogP contribution < -0.4 is 9.47 Å². The van der Waals surface area contributed by atoms with Crippen LogP contribution in [0.15, 0.2) is 36.4 Å². The number of ether oxygens (including phenoxy) is 2. The van der Waals surface area contributed by atoms with E-state index in [0.717, 1.165) is 30.4 Å². The summed E-state index contributed by atoms with van der Waals surface area (Å²) in [5, 5.41) is 9.37. The number of aryl methyl sites for hydroxylation is 1. The maximum absolute atomic E-state index is 13.0. The average molecular weight is 397 g/mol. The molecule has 2 aromatic rings. The minimum absolute atomic E-state index is 0.00663. The molecule has 154 valence electrons. The number of carboxylic acids is 1. The van der Waals surface area contributed by atoms with Crippen molar-refractivity contribution in [1.29, 1.82) is 0 Å². The Morgan fingerprint density at radius 2 is 1.66 bits per heavy atom. The molecular formula is C23H27NO5. The highest BCUT2D eigenvalue weighted by Gasteiger charge is 2.26. The number of carbonyl (C=O) groups is 2. The molecule has 0 unspecified atom stereocenters. The number of rotatable bonds is 6. The third-order valence-corrected chi connectivity index (χ3v) is 5.62. The standard InChI is InChI=1S/C23H27NO5/c1-15-12-20(28-2)21(29-3)14-19(15)22(25)24-10-8-16(9-11-24)13-17-6-4-5-7-18(17)23(26)27/h4-7,12,14,16H,8-11,13H2,1-3H3,(H,26,27). The zero-order valence-electron chi connectivity index (χ0n) is 17.1. The zero-order chi connectivity index (χ0) is 21.0. The summed E-state index contributed by atoms with van der Waals surface area (Å²) in [6.07, 6.45) is 2.43. The number of amides is 1. The van der Waals surface area contributed by atoms with Gasteiger partial charge in [-0.3, -0.25) is 4.79 Å². The van der Waals surface area contributed by atoms with Gasteiger partial charge in [0.05, 0.1) is 19.8 Å². The van der Waals surface area contributed by atoms with Crippen LogP contribution in [0.2, 0.25) is 0 Å². The molecule has 0 atom stereocenters. The number of aromatic carboxylic acids is 1. The number of carboxylic acid groups (broad SMARTS) is 1. The van der Waals surface area contributed by atoms with E-state index in [0.29, 0.717) is 41.6 Å². The monoisotopic (exact) mass is 397 g/mol. The van der Waals surface area contributed by atoms with E-state index in [1.54, 1.807) is 32.4 Å². The summed E-state index contributed by atoms with van der Waals surface area (Å²) in [6, 6.07) is 10.7. The first-order chi connectivity index (χ1) is 13.9. The van der Waals surface area contributed by atoms with E-state index in [1.807, 2.05) is 30.0 Å².